The van der Waals surface area contributed by atoms with Gasteiger partial charge in [-0.15, -0.1) is 0 Å². The highest BCUT2D eigenvalue weighted by atomic mass is 28.3. The van der Waals surface area contributed by atoms with Crippen molar-refractivity contribution in [2.45, 2.75) is 13.8 Å². The van der Waals surface area contributed by atoms with Gasteiger partial charge in [-0.1, -0.05) is 140 Å². The van der Waals surface area contributed by atoms with E-state index in [4.69, 9.17) is 0 Å². The summed E-state index contributed by atoms with van der Waals surface area (Å²) in [6.45, 7) is 4.48. The number of rotatable bonds is 6. The van der Waals surface area contributed by atoms with Crippen LogP contribution in [0.25, 0.3) is 33.2 Å². The average molecular weight is 583 g/mol. The lowest BCUT2D eigenvalue weighted by atomic mass is 9.92. The highest BCUT2D eigenvalue weighted by Gasteiger charge is 2.41. The van der Waals surface area contributed by atoms with E-state index >= 15 is 0 Å². The van der Waals surface area contributed by atoms with Crippen molar-refractivity contribution in [1.29, 1.82) is 0 Å². The van der Waals surface area contributed by atoms with Crippen molar-refractivity contribution >= 4 is 39.6 Å². The van der Waals surface area contributed by atoms with Crippen LogP contribution < -0.4 is 25.3 Å². The van der Waals surface area contributed by atoms with Crippen molar-refractivity contribution < 1.29 is 4.57 Å². The van der Waals surface area contributed by atoms with Crippen molar-refractivity contribution in [3.63, 3.8) is 0 Å². The molecule has 44 heavy (non-hydrogen) atoms. The Bertz CT molecular complexity index is 1970. The molecule has 0 aliphatic heterocycles. The first-order chi connectivity index (χ1) is 21.6. The van der Waals surface area contributed by atoms with Crippen molar-refractivity contribution in [3.05, 3.63) is 175 Å². The Balaban J connectivity index is 1.50. The van der Waals surface area contributed by atoms with Crippen LogP contribution in [0, 0.1) is 13.8 Å². The van der Waals surface area contributed by atoms with E-state index in [0.717, 1.165) is 0 Å². The van der Waals surface area contributed by atoms with Gasteiger partial charge >= 0.3 is 0 Å². The SMILES string of the molecule is Cc1cc(-c2ccccc2)cc(-c2c3ccc([Si](c4ccccc4)(c4ccccc4)c4ccccc4)cc3cc[n+]2C)c1C. The molecule has 0 saturated heterocycles. The first kappa shape index (κ1) is 27.8. The lowest BCUT2D eigenvalue weighted by molar-refractivity contribution is -0.659. The van der Waals surface area contributed by atoms with Crippen LogP contribution in [0.15, 0.2) is 164 Å². The molecule has 1 aromatic heterocycles. The third-order valence-corrected chi connectivity index (χ3v) is 14.0. The van der Waals surface area contributed by atoms with Crippen LogP contribution in [-0.4, -0.2) is 8.07 Å². The summed E-state index contributed by atoms with van der Waals surface area (Å²) < 4.78 is 2.29. The molecule has 6 aromatic carbocycles. The third-order valence-electron chi connectivity index (χ3n) is 9.22. The second-order valence-electron chi connectivity index (χ2n) is 11.8. The van der Waals surface area contributed by atoms with Gasteiger partial charge in [0, 0.05) is 6.07 Å². The van der Waals surface area contributed by atoms with Crippen LogP contribution >= 0.6 is 0 Å². The van der Waals surface area contributed by atoms with Gasteiger partial charge in [-0.05, 0) is 74.4 Å². The minimum atomic E-state index is -2.61. The Morgan fingerprint density at radius 2 is 1.00 bits per heavy atom. The van der Waals surface area contributed by atoms with E-state index in [0.29, 0.717) is 0 Å². The van der Waals surface area contributed by atoms with Gasteiger partial charge in [0.25, 0.3) is 0 Å². The number of fused-ring (bicyclic) bond motifs is 1. The fourth-order valence-corrected chi connectivity index (χ4v) is 11.7. The highest BCUT2D eigenvalue weighted by Crippen LogP contribution is 2.33. The predicted octanol–water partition coefficient (Wildman–Crippen LogP) is 6.99. The fraction of sp³-hybridized carbons (Fsp3) is 0.0714. The van der Waals surface area contributed by atoms with Crippen LogP contribution in [0.2, 0.25) is 0 Å². The molecule has 7 rings (SSSR count). The number of benzene rings is 6. The summed E-state index contributed by atoms with van der Waals surface area (Å²) in [4.78, 5) is 0. The molecule has 0 N–H and O–H groups in total. The topological polar surface area (TPSA) is 3.88 Å². The zero-order valence-electron chi connectivity index (χ0n) is 25.5. The molecule has 1 nitrogen and oxygen atoms in total. The molecule has 0 radical (unpaired) electrons. The van der Waals surface area contributed by atoms with E-state index in [2.05, 4.69) is 189 Å². The van der Waals surface area contributed by atoms with Crippen LogP contribution in [0.3, 0.4) is 0 Å². The summed E-state index contributed by atoms with van der Waals surface area (Å²) in [5, 5.41) is 8.08. The van der Waals surface area contributed by atoms with Crippen molar-refractivity contribution in [3.8, 4) is 22.4 Å². The number of pyridine rings is 1. The maximum Gasteiger partial charge on any atom is 0.220 e. The lowest BCUT2D eigenvalue weighted by Gasteiger charge is -2.34. The quantitative estimate of drug-likeness (QED) is 0.113. The minimum absolute atomic E-state index is 1.24. The van der Waals surface area contributed by atoms with Gasteiger partial charge in [0.1, 0.15) is 7.05 Å². The van der Waals surface area contributed by atoms with E-state index in [-0.39, 0.29) is 0 Å². The fourth-order valence-electron chi connectivity index (χ4n) is 6.91. The molecule has 0 aliphatic rings. The molecule has 0 saturated carbocycles. The molecule has 0 unspecified atom stereocenters. The minimum Gasteiger partial charge on any atom is -0.200 e. The molecular formula is C42H36NSi+. The first-order valence-corrected chi connectivity index (χ1v) is 17.3. The van der Waals surface area contributed by atoms with E-state index in [1.165, 1.54) is 65.0 Å². The highest BCUT2D eigenvalue weighted by molar-refractivity contribution is 7.20. The number of hydrogen-bond donors (Lipinski definition) is 0. The second kappa shape index (κ2) is 11.6. The van der Waals surface area contributed by atoms with E-state index in [1.807, 2.05) is 0 Å². The molecule has 0 spiro atoms. The second-order valence-corrected chi connectivity index (χ2v) is 15.6. The van der Waals surface area contributed by atoms with Gasteiger partial charge in [-0.3, -0.25) is 0 Å². The van der Waals surface area contributed by atoms with Crippen LogP contribution in [0.5, 0.6) is 0 Å². The molecule has 0 aliphatic carbocycles. The predicted molar refractivity (Wildman–Crippen MR) is 189 cm³/mol. The number of aryl methyl sites for hydroxylation is 2. The standard InChI is InChI=1S/C42H36NSi/c1-31-28-35(33-16-8-4-9-17-33)30-41(32(31)2)42-40-25-24-39(29-34(40)26-27-43(42)3)44(36-18-10-5-11-19-36,37-20-12-6-13-21-37)38-22-14-7-15-23-38/h4-30H,1-3H3/q+1. The number of hydrogen-bond acceptors (Lipinski definition) is 0. The summed E-state index contributed by atoms with van der Waals surface area (Å²) in [5.74, 6) is 0. The third kappa shape index (κ3) is 4.69. The lowest BCUT2D eigenvalue weighted by Crippen LogP contribution is -2.74. The molecule has 212 valence electrons. The smallest absolute Gasteiger partial charge is 0.200 e. The van der Waals surface area contributed by atoms with Crippen LogP contribution in [0.1, 0.15) is 11.1 Å². The Labute approximate surface area is 261 Å². The summed E-state index contributed by atoms with van der Waals surface area (Å²) in [6.07, 6.45) is 2.22. The zero-order chi connectivity index (χ0) is 30.1. The molecule has 0 atom stereocenters. The Hall–Kier alpha value is -5.05. The largest absolute Gasteiger partial charge is 0.220 e. The molecule has 1 heterocycles. The summed E-state index contributed by atoms with van der Waals surface area (Å²) in [7, 11) is -0.437. The van der Waals surface area contributed by atoms with E-state index in [1.54, 1.807) is 0 Å². The van der Waals surface area contributed by atoms with Gasteiger partial charge in [0.05, 0.1) is 10.9 Å². The summed E-state index contributed by atoms with van der Waals surface area (Å²) in [5.41, 5.74) is 7.64. The van der Waals surface area contributed by atoms with Gasteiger partial charge < -0.3 is 0 Å². The Morgan fingerprint density at radius 1 is 0.477 bits per heavy atom. The number of nitrogens with zero attached hydrogens (tertiary/aromatic N) is 1. The first-order valence-electron chi connectivity index (χ1n) is 15.3. The average Bonchev–Trinajstić information content (AvgIpc) is 3.08. The Kier molecular flexibility index (Phi) is 7.29. The zero-order valence-corrected chi connectivity index (χ0v) is 26.5. The Morgan fingerprint density at radius 3 is 1.55 bits per heavy atom. The molecule has 0 fully saturated rings. The monoisotopic (exact) mass is 582 g/mol. The normalized spacial score (nSPS) is 11.5. The van der Waals surface area contributed by atoms with E-state index in [9.17, 15) is 0 Å². The van der Waals surface area contributed by atoms with E-state index < -0.39 is 8.07 Å². The maximum atomic E-state index is 2.47. The van der Waals surface area contributed by atoms with Gasteiger partial charge in [0.2, 0.25) is 5.69 Å². The summed E-state index contributed by atoms with van der Waals surface area (Å²) >= 11 is 0. The molecule has 0 bridgehead atoms. The van der Waals surface area contributed by atoms with Gasteiger partial charge in [0.15, 0.2) is 14.3 Å². The van der Waals surface area contributed by atoms with Crippen molar-refractivity contribution in [2.24, 2.45) is 7.05 Å². The van der Waals surface area contributed by atoms with Crippen molar-refractivity contribution in [2.75, 3.05) is 0 Å². The molecular weight excluding hydrogens is 547 g/mol. The molecule has 2 heteroatoms. The molecule has 7 aromatic rings. The van der Waals surface area contributed by atoms with Gasteiger partial charge in [-0.25, -0.2) is 4.57 Å². The number of aromatic nitrogens is 1. The van der Waals surface area contributed by atoms with Crippen LogP contribution in [-0.2, 0) is 7.05 Å². The van der Waals surface area contributed by atoms with Crippen LogP contribution in [0.4, 0.5) is 0 Å². The molecule has 0 amide bonds. The maximum absolute atomic E-state index is 2.61. The van der Waals surface area contributed by atoms with Crippen molar-refractivity contribution in [1.82, 2.24) is 0 Å². The summed E-state index contributed by atoms with van der Waals surface area (Å²) in [6, 6.07) is 58.4. The van der Waals surface area contributed by atoms with Gasteiger partial charge in [-0.2, -0.15) is 0 Å².